The molecule has 0 spiro atoms. The van der Waals surface area contributed by atoms with Gasteiger partial charge in [0, 0.05) is 11.4 Å². The van der Waals surface area contributed by atoms with E-state index < -0.39 is 4.92 Å². The van der Waals surface area contributed by atoms with Crippen LogP contribution in [0.25, 0.3) is 6.08 Å². The van der Waals surface area contributed by atoms with E-state index in [-0.39, 0.29) is 11.3 Å². The molecule has 0 aromatic heterocycles. The maximum absolute atomic E-state index is 10.6. The highest BCUT2D eigenvalue weighted by molar-refractivity contribution is 9.09. The number of nitro benzene ring substituents is 1. The average Bonchev–Trinajstić information content (AvgIpc) is 2.25. The van der Waals surface area contributed by atoms with Gasteiger partial charge in [0.2, 0.25) is 0 Å². The van der Waals surface area contributed by atoms with Gasteiger partial charge in [-0.15, -0.1) is 0 Å². The van der Waals surface area contributed by atoms with Gasteiger partial charge in [0.25, 0.3) is 5.69 Å². The van der Waals surface area contributed by atoms with E-state index in [0.29, 0.717) is 11.6 Å². The highest BCUT2D eigenvalue weighted by Gasteiger charge is 2.12. The first-order valence-electron chi connectivity index (χ1n) is 4.15. The molecule has 4 nitrogen and oxygen atoms in total. The van der Waals surface area contributed by atoms with Gasteiger partial charge in [-0.05, 0) is 17.7 Å². The van der Waals surface area contributed by atoms with Crippen LogP contribution < -0.4 is 0 Å². The Balaban J connectivity index is 3.13. The number of allylic oxidation sites excluding steroid dienone is 1. The number of alkyl halides is 1. The van der Waals surface area contributed by atoms with Crippen LogP contribution in [0.2, 0.25) is 0 Å². The Morgan fingerprint density at radius 1 is 1.47 bits per heavy atom. The van der Waals surface area contributed by atoms with Crippen LogP contribution in [0.15, 0.2) is 24.3 Å². The van der Waals surface area contributed by atoms with Crippen LogP contribution in [0, 0.1) is 10.1 Å². The number of carbonyl (C=O) groups excluding carboxylic acids is 1. The third kappa shape index (κ3) is 2.99. The molecule has 0 heterocycles. The molecule has 0 aliphatic heterocycles. The summed E-state index contributed by atoms with van der Waals surface area (Å²) in [7, 11) is 0. The van der Waals surface area contributed by atoms with E-state index in [1.165, 1.54) is 12.1 Å². The number of carbonyl (C=O) groups is 1. The van der Waals surface area contributed by atoms with Gasteiger partial charge in [-0.25, -0.2) is 0 Å². The number of halogens is 1. The Kier molecular flexibility index (Phi) is 4.17. The molecule has 5 heteroatoms. The fraction of sp³-hybridized carbons (Fsp3) is 0.100. The smallest absolute Gasteiger partial charge is 0.279 e. The molecule has 0 fully saturated rings. The topological polar surface area (TPSA) is 60.2 Å². The minimum Gasteiger partial charge on any atom is -0.298 e. The Morgan fingerprint density at radius 3 is 2.73 bits per heavy atom. The van der Waals surface area contributed by atoms with Gasteiger partial charge in [-0.2, -0.15) is 0 Å². The normalized spacial score (nSPS) is 10.5. The Bertz CT molecular complexity index is 415. The lowest BCUT2D eigenvalue weighted by Gasteiger charge is -1.97. The second kappa shape index (κ2) is 5.41. The first kappa shape index (κ1) is 11.6. The van der Waals surface area contributed by atoms with Gasteiger partial charge in [0.05, 0.1) is 10.5 Å². The quantitative estimate of drug-likeness (QED) is 0.366. The Hall–Kier alpha value is -1.49. The second-order valence-electron chi connectivity index (χ2n) is 2.75. The Labute approximate surface area is 94.9 Å². The molecule has 1 rings (SSSR count). The van der Waals surface area contributed by atoms with Crippen LogP contribution in [0.4, 0.5) is 5.69 Å². The molecule has 0 aliphatic rings. The zero-order valence-electron chi connectivity index (χ0n) is 7.72. The van der Waals surface area contributed by atoms with E-state index in [9.17, 15) is 14.9 Å². The highest BCUT2D eigenvalue weighted by Crippen LogP contribution is 2.18. The lowest BCUT2D eigenvalue weighted by molar-refractivity contribution is -0.385. The fourth-order valence-electron chi connectivity index (χ4n) is 1.12. The van der Waals surface area contributed by atoms with Crippen molar-refractivity contribution in [2.45, 2.75) is 0 Å². The van der Waals surface area contributed by atoms with Crippen LogP contribution in [0.5, 0.6) is 0 Å². The number of nitro groups is 1. The number of hydrogen-bond acceptors (Lipinski definition) is 3. The second-order valence-corrected chi connectivity index (χ2v) is 3.40. The van der Waals surface area contributed by atoms with Gasteiger partial charge in [0.15, 0.2) is 6.29 Å². The Morgan fingerprint density at radius 2 is 2.20 bits per heavy atom. The van der Waals surface area contributed by atoms with E-state index in [4.69, 9.17) is 0 Å². The largest absolute Gasteiger partial charge is 0.298 e. The van der Waals surface area contributed by atoms with Gasteiger partial charge in [-0.3, -0.25) is 14.9 Å². The summed E-state index contributed by atoms with van der Waals surface area (Å²) >= 11 is 3.22. The summed E-state index contributed by atoms with van der Waals surface area (Å²) in [5.74, 6) is 0. The molecule has 0 unspecified atom stereocenters. The van der Waals surface area contributed by atoms with Crippen LogP contribution in [0.3, 0.4) is 0 Å². The van der Waals surface area contributed by atoms with Crippen LogP contribution >= 0.6 is 15.9 Å². The van der Waals surface area contributed by atoms with Crippen molar-refractivity contribution in [3.8, 4) is 0 Å². The molecule has 78 valence electrons. The molecule has 0 radical (unpaired) electrons. The summed E-state index contributed by atoms with van der Waals surface area (Å²) < 4.78 is 0. The summed E-state index contributed by atoms with van der Waals surface area (Å²) in [4.78, 5) is 20.6. The van der Waals surface area contributed by atoms with Crippen molar-refractivity contribution in [2.75, 3.05) is 5.33 Å². The van der Waals surface area contributed by atoms with Gasteiger partial charge in [0.1, 0.15) is 0 Å². The summed E-state index contributed by atoms with van der Waals surface area (Å²) in [6, 6.07) is 4.42. The number of hydrogen-bond donors (Lipinski definition) is 0. The SMILES string of the molecule is O=Cc1cc(C=CCBr)ccc1[N+](=O)[O-]. The van der Waals surface area contributed by atoms with Crippen molar-refractivity contribution in [2.24, 2.45) is 0 Å². The number of aldehydes is 1. The van der Waals surface area contributed by atoms with E-state index >= 15 is 0 Å². The van der Waals surface area contributed by atoms with Crippen LogP contribution in [0.1, 0.15) is 15.9 Å². The average molecular weight is 270 g/mol. The van der Waals surface area contributed by atoms with E-state index in [1.54, 1.807) is 12.1 Å². The predicted molar refractivity (Wildman–Crippen MR) is 61.3 cm³/mol. The molecular weight excluding hydrogens is 262 g/mol. The molecule has 15 heavy (non-hydrogen) atoms. The zero-order valence-corrected chi connectivity index (χ0v) is 9.31. The van der Waals surface area contributed by atoms with Gasteiger partial charge in [-0.1, -0.05) is 28.1 Å². The van der Waals surface area contributed by atoms with Gasteiger partial charge >= 0.3 is 0 Å². The lowest BCUT2D eigenvalue weighted by atomic mass is 10.1. The molecule has 1 aromatic carbocycles. The molecule has 0 N–H and O–H groups in total. The zero-order chi connectivity index (χ0) is 11.3. The minimum absolute atomic E-state index is 0.0942. The summed E-state index contributed by atoms with van der Waals surface area (Å²) in [5, 5.41) is 11.2. The molecule has 0 saturated heterocycles. The summed E-state index contributed by atoms with van der Waals surface area (Å²) in [6.07, 6.45) is 4.12. The van der Waals surface area contributed by atoms with Crippen molar-refractivity contribution >= 4 is 34.0 Å². The van der Waals surface area contributed by atoms with E-state index in [0.717, 1.165) is 5.56 Å². The molecule has 0 bridgehead atoms. The van der Waals surface area contributed by atoms with Crippen LogP contribution in [-0.2, 0) is 0 Å². The van der Waals surface area contributed by atoms with Gasteiger partial charge < -0.3 is 0 Å². The molecule has 0 saturated carbocycles. The van der Waals surface area contributed by atoms with Crippen molar-refractivity contribution in [3.05, 3.63) is 45.5 Å². The molecule has 0 amide bonds. The van der Waals surface area contributed by atoms with Crippen molar-refractivity contribution in [1.29, 1.82) is 0 Å². The third-order valence-electron chi connectivity index (χ3n) is 1.77. The standard InChI is InChI=1S/C10H8BrNO3/c11-5-1-2-8-3-4-10(12(14)15)9(6-8)7-13/h1-4,6-7H,5H2. The molecule has 0 aliphatic carbocycles. The first-order chi connectivity index (χ1) is 7.19. The first-order valence-corrected chi connectivity index (χ1v) is 5.27. The fourth-order valence-corrected chi connectivity index (χ4v) is 1.30. The maximum atomic E-state index is 10.6. The molecule has 0 atom stereocenters. The molecular formula is C10H8BrNO3. The number of rotatable bonds is 4. The highest BCUT2D eigenvalue weighted by atomic mass is 79.9. The van der Waals surface area contributed by atoms with Crippen molar-refractivity contribution in [3.63, 3.8) is 0 Å². The van der Waals surface area contributed by atoms with E-state index in [2.05, 4.69) is 15.9 Å². The summed E-state index contributed by atoms with van der Waals surface area (Å²) in [5.41, 5.74) is 0.694. The van der Waals surface area contributed by atoms with E-state index in [1.807, 2.05) is 6.08 Å². The molecule has 1 aromatic rings. The van der Waals surface area contributed by atoms with Crippen molar-refractivity contribution < 1.29 is 9.72 Å². The lowest BCUT2D eigenvalue weighted by Crippen LogP contribution is -1.94. The maximum Gasteiger partial charge on any atom is 0.279 e. The minimum atomic E-state index is -0.568. The third-order valence-corrected chi connectivity index (χ3v) is 2.15. The monoisotopic (exact) mass is 269 g/mol. The number of nitrogens with zero attached hydrogens (tertiary/aromatic N) is 1. The van der Waals surface area contributed by atoms with Crippen LogP contribution in [-0.4, -0.2) is 16.5 Å². The number of benzene rings is 1. The predicted octanol–water partition coefficient (Wildman–Crippen LogP) is 2.82. The summed E-state index contributed by atoms with van der Waals surface area (Å²) in [6.45, 7) is 0. The van der Waals surface area contributed by atoms with Crippen molar-refractivity contribution in [1.82, 2.24) is 0 Å².